The Kier molecular flexibility index (Phi) is 6.15. The number of nitrogen functional groups attached to an aromatic ring is 1. The molecule has 2 aromatic heterocycles. The van der Waals surface area contributed by atoms with Gasteiger partial charge < -0.3 is 11.1 Å². The van der Waals surface area contributed by atoms with Crippen LogP contribution in [0.2, 0.25) is 0 Å². The van der Waals surface area contributed by atoms with Crippen LogP contribution >= 0.6 is 0 Å². The number of pyridine rings is 1. The van der Waals surface area contributed by atoms with E-state index in [0.29, 0.717) is 22.4 Å². The Morgan fingerprint density at radius 2 is 1.75 bits per heavy atom. The molecule has 0 aliphatic heterocycles. The number of nitrogens with two attached hydrogens (primary N) is 1. The monoisotopic (exact) mass is 477 g/mol. The highest BCUT2D eigenvalue weighted by Crippen LogP contribution is 2.34. The first kappa shape index (κ1) is 22.6. The Morgan fingerprint density at radius 1 is 1.06 bits per heavy atom. The Morgan fingerprint density at radius 3 is 2.41 bits per heavy atom. The van der Waals surface area contributed by atoms with E-state index in [1.807, 2.05) is 0 Å². The van der Waals surface area contributed by atoms with Gasteiger partial charge in [0.2, 0.25) is 10.0 Å². The molecule has 3 aromatic rings. The van der Waals surface area contributed by atoms with Gasteiger partial charge in [0.1, 0.15) is 0 Å². The second-order valence-corrected chi connectivity index (χ2v) is 11.9. The number of fused-ring (bicyclic) bond motifs is 1. The minimum atomic E-state index is -3.79. The fourth-order valence-electron chi connectivity index (χ4n) is 4.21. The number of hydrogen-bond acceptors (Lipinski definition) is 7. The fraction of sp³-hybridized carbons (Fsp3) is 0.381. The van der Waals surface area contributed by atoms with Crippen molar-refractivity contribution in [2.24, 2.45) is 5.92 Å². The third-order valence-electron chi connectivity index (χ3n) is 5.97. The zero-order valence-corrected chi connectivity index (χ0v) is 19.4. The molecular weight excluding hydrogens is 450 g/mol. The van der Waals surface area contributed by atoms with Crippen molar-refractivity contribution in [3.63, 3.8) is 0 Å². The molecule has 0 bridgehead atoms. The largest absolute Gasteiger partial charge is 0.396 e. The SMILES string of the molecule is CNS(=O)(=O)CC1CCC(Nc2c(N)cnc3c2ccn3S(=O)(=O)c2ccccc2)CC1. The van der Waals surface area contributed by atoms with Gasteiger partial charge in [-0.2, -0.15) is 0 Å². The molecule has 1 aromatic carbocycles. The molecule has 1 aliphatic carbocycles. The molecule has 0 saturated heterocycles. The lowest BCUT2D eigenvalue weighted by Crippen LogP contribution is -2.32. The number of rotatable bonds is 7. The van der Waals surface area contributed by atoms with Crippen molar-refractivity contribution in [2.75, 3.05) is 23.9 Å². The fourth-order valence-corrected chi connectivity index (χ4v) is 6.65. The highest BCUT2D eigenvalue weighted by Gasteiger charge is 2.27. The van der Waals surface area contributed by atoms with Crippen LogP contribution in [0.1, 0.15) is 25.7 Å². The lowest BCUT2D eigenvalue weighted by Gasteiger charge is -2.30. The first-order valence-corrected chi connectivity index (χ1v) is 13.5. The van der Waals surface area contributed by atoms with Crippen LogP contribution in [-0.4, -0.2) is 44.6 Å². The number of aromatic nitrogens is 2. The zero-order valence-electron chi connectivity index (χ0n) is 17.7. The summed E-state index contributed by atoms with van der Waals surface area (Å²) < 4.78 is 53.3. The minimum Gasteiger partial charge on any atom is -0.396 e. The normalized spacial score (nSPS) is 19.8. The second-order valence-electron chi connectivity index (χ2n) is 8.10. The maximum Gasteiger partial charge on any atom is 0.269 e. The van der Waals surface area contributed by atoms with Crippen LogP contribution < -0.4 is 15.8 Å². The maximum absolute atomic E-state index is 13.1. The molecule has 4 rings (SSSR count). The van der Waals surface area contributed by atoms with Crippen molar-refractivity contribution in [3.05, 3.63) is 48.8 Å². The predicted octanol–water partition coefficient (Wildman–Crippen LogP) is 2.38. The van der Waals surface area contributed by atoms with Gasteiger partial charge in [-0.1, -0.05) is 18.2 Å². The van der Waals surface area contributed by atoms with Crippen LogP contribution in [0.4, 0.5) is 11.4 Å². The van der Waals surface area contributed by atoms with E-state index in [1.54, 1.807) is 36.4 Å². The van der Waals surface area contributed by atoms with Gasteiger partial charge in [-0.3, -0.25) is 0 Å². The molecule has 0 atom stereocenters. The lowest BCUT2D eigenvalue weighted by atomic mass is 9.87. The third kappa shape index (κ3) is 4.45. The molecule has 172 valence electrons. The summed E-state index contributed by atoms with van der Waals surface area (Å²) in [7, 11) is -5.58. The van der Waals surface area contributed by atoms with E-state index in [-0.39, 0.29) is 22.6 Å². The summed E-state index contributed by atoms with van der Waals surface area (Å²) in [6.45, 7) is 0. The molecule has 1 fully saturated rings. The van der Waals surface area contributed by atoms with E-state index in [2.05, 4.69) is 15.0 Å². The summed E-state index contributed by atoms with van der Waals surface area (Å²) in [5, 5.41) is 4.08. The molecule has 0 unspecified atom stereocenters. The van der Waals surface area contributed by atoms with Gasteiger partial charge in [-0.25, -0.2) is 30.5 Å². The first-order chi connectivity index (χ1) is 15.2. The third-order valence-corrected chi connectivity index (χ3v) is 9.18. The molecule has 2 heterocycles. The smallest absolute Gasteiger partial charge is 0.269 e. The van der Waals surface area contributed by atoms with Crippen LogP contribution in [0, 0.1) is 5.92 Å². The summed E-state index contributed by atoms with van der Waals surface area (Å²) in [5.41, 5.74) is 7.59. The van der Waals surface area contributed by atoms with Crippen molar-refractivity contribution < 1.29 is 16.8 Å². The standard InChI is InChI=1S/C21H27N5O4S2/c1-23-31(27,28)14-15-7-9-16(10-8-15)25-20-18-11-12-26(21(18)24-13-19(20)22)32(29,30)17-5-3-2-4-6-17/h2-6,11-13,15-16,23H,7-10,14,22H2,1H3,(H,24,25). The van der Waals surface area contributed by atoms with Crippen LogP contribution in [0.5, 0.6) is 0 Å². The van der Waals surface area contributed by atoms with Gasteiger partial charge in [0, 0.05) is 17.6 Å². The maximum atomic E-state index is 13.1. The van der Waals surface area contributed by atoms with Crippen molar-refractivity contribution in [2.45, 2.75) is 36.6 Å². The molecule has 0 spiro atoms. The molecule has 32 heavy (non-hydrogen) atoms. The van der Waals surface area contributed by atoms with Crippen LogP contribution in [0.25, 0.3) is 11.0 Å². The summed E-state index contributed by atoms with van der Waals surface area (Å²) >= 11 is 0. The second kappa shape index (κ2) is 8.72. The zero-order chi connectivity index (χ0) is 22.9. The molecular formula is C21H27N5O4S2. The Labute approximate surface area is 188 Å². The summed E-state index contributed by atoms with van der Waals surface area (Å²) in [6.07, 6.45) is 6.13. The minimum absolute atomic E-state index is 0.116. The van der Waals surface area contributed by atoms with E-state index in [0.717, 1.165) is 25.7 Å². The molecule has 0 radical (unpaired) electrons. The molecule has 9 nitrogen and oxygen atoms in total. The average Bonchev–Trinajstić information content (AvgIpc) is 3.22. The van der Waals surface area contributed by atoms with E-state index in [4.69, 9.17) is 5.73 Å². The van der Waals surface area contributed by atoms with E-state index in [1.165, 1.54) is 23.4 Å². The quantitative estimate of drug-likeness (QED) is 0.475. The van der Waals surface area contributed by atoms with Crippen LogP contribution in [0.15, 0.2) is 53.7 Å². The number of nitrogens with one attached hydrogen (secondary N) is 2. The Balaban J connectivity index is 1.57. The van der Waals surface area contributed by atoms with Crippen molar-refractivity contribution in [1.29, 1.82) is 0 Å². The molecule has 0 amide bonds. The van der Waals surface area contributed by atoms with E-state index >= 15 is 0 Å². The number of sulfonamides is 1. The topological polar surface area (TPSA) is 136 Å². The number of anilines is 2. The van der Waals surface area contributed by atoms with Gasteiger partial charge in [0.15, 0.2) is 5.65 Å². The van der Waals surface area contributed by atoms with E-state index in [9.17, 15) is 16.8 Å². The molecule has 1 saturated carbocycles. The van der Waals surface area contributed by atoms with Crippen LogP contribution in [-0.2, 0) is 20.0 Å². The van der Waals surface area contributed by atoms with E-state index < -0.39 is 20.0 Å². The van der Waals surface area contributed by atoms with Gasteiger partial charge in [-0.15, -0.1) is 0 Å². The van der Waals surface area contributed by atoms with Crippen molar-refractivity contribution in [1.82, 2.24) is 13.7 Å². The van der Waals surface area contributed by atoms with Crippen molar-refractivity contribution in [3.8, 4) is 0 Å². The Hall–Kier alpha value is -2.63. The van der Waals surface area contributed by atoms with Crippen molar-refractivity contribution >= 4 is 42.5 Å². The molecule has 11 heteroatoms. The molecule has 4 N–H and O–H groups in total. The summed E-state index contributed by atoms with van der Waals surface area (Å²) in [4.78, 5) is 4.47. The number of hydrogen-bond donors (Lipinski definition) is 3. The summed E-state index contributed by atoms with van der Waals surface area (Å²) in [6, 6.07) is 10.0. The average molecular weight is 478 g/mol. The van der Waals surface area contributed by atoms with Crippen LogP contribution in [0.3, 0.4) is 0 Å². The number of benzene rings is 1. The Bertz CT molecular complexity index is 1310. The van der Waals surface area contributed by atoms with Gasteiger partial charge in [-0.05, 0) is 56.8 Å². The number of nitrogens with zero attached hydrogens (tertiary/aromatic N) is 2. The highest BCUT2D eigenvalue weighted by atomic mass is 32.2. The predicted molar refractivity (Wildman–Crippen MR) is 125 cm³/mol. The first-order valence-electron chi connectivity index (χ1n) is 10.4. The van der Waals surface area contributed by atoms with Gasteiger partial charge in [0.05, 0.1) is 28.2 Å². The van der Waals surface area contributed by atoms with Gasteiger partial charge in [0.25, 0.3) is 10.0 Å². The highest BCUT2D eigenvalue weighted by molar-refractivity contribution is 7.90. The summed E-state index contributed by atoms with van der Waals surface area (Å²) in [5.74, 6) is 0.260. The molecule has 1 aliphatic rings. The lowest BCUT2D eigenvalue weighted by molar-refractivity contribution is 0.361. The van der Waals surface area contributed by atoms with Gasteiger partial charge >= 0.3 is 0 Å².